The third-order valence-electron chi connectivity index (χ3n) is 7.84. The summed E-state index contributed by atoms with van der Waals surface area (Å²) in [6, 6.07) is 14.9. The van der Waals surface area contributed by atoms with Gasteiger partial charge in [-0.05, 0) is 119 Å². The van der Waals surface area contributed by atoms with Gasteiger partial charge in [0.05, 0.1) is 38.4 Å². The summed E-state index contributed by atoms with van der Waals surface area (Å²) in [5, 5.41) is 0. The van der Waals surface area contributed by atoms with Crippen molar-refractivity contribution < 1.29 is 47.8 Å². The fourth-order valence-corrected chi connectivity index (χ4v) is 5.04. The van der Waals surface area contributed by atoms with E-state index in [0.717, 1.165) is 81.3 Å². The molecule has 0 atom stereocenters. The van der Waals surface area contributed by atoms with Crippen LogP contribution < -0.4 is 14.2 Å². The lowest BCUT2D eigenvalue weighted by Crippen LogP contribution is -2.29. The van der Waals surface area contributed by atoms with E-state index in [2.05, 4.69) is 13.2 Å². The molecule has 1 fully saturated rings. The molecule has 0 heterocycles. The van der Waals surface area contributed by atoms with E-state index in [-0.39, 0.29) is 29.9 Å². The highest BCUT2D eigenvalue weighted by atomic mass is 17.2. The van der Waals surface area contributed by atoms with Crippen molar-refractivity contribution in [2.75, 3.05) is 26.4 Å². The van der Waals surface area contributed by atoms with Gasteiger partial charge in [0.15, 0.2) is 0 Å². The highest BCUT2D eigenvalue weighted by molar-refractivity contribution is 5.81. The van der Waals surface area contributed by atoms with Gasteiger partial charge in [-0.2, -0.15) is 0 Å². The van der Waals surface area contributed by atoms with Crippen molar-refractivity contribution in [1.82, 2.24) is 0 Å². The molecule has 3 rings (SSSR count). The van der Waals surface area contributed by atoms with Crippen molar-refractivity contribution >= 4 is 17.9 Å². The third-order valence-corrected chi connectivity index (χ3v) is 7.84. The summed E-state index contributed by atoms with van der Waals surface area (Å²) in [6.07, 6.45) is 12.5. The molecule has 0 radical (unpaired) electrons. The molecule has 10 nitrogen and oxygen atoms in total. The Balaban J connectivity index is 1.20. The van der Waals surface area contributed by atoms with Gasteiger partial charge in [0, 0.05) is 12.2 Å². The average Bonchev–Trinajstić information content (AvgIpc) is 3.11. The summed E-state index contributed by atoms with van der Waals surface area (Å²) in [4.78, 5) is 45.9. The van der Waals surface area contributed by atoms with Crippen LogP contribution in [0.3, 0.4) is 0 Å². The number of ether oxygens (including phenoxy) is 5. The summed E-state index contributed by atoms with van der Waals surface area (Å²) in [7, 11) is 0. The maximum absolute atomic E-state index is 12.7. The minimum Gasteiger partial charge on any atom is -0.494 e. The van der Waals surface area contributed by atoms with E-state index < -0.39 is 0 Å². The molecule has 0 aromatic heterocycles. The number of rotatable bonds is 24. The monoisotopic (exact) mass is 666 g/mol. The van der Waals surface area contributed by atoms with Crippen LogP contribution in [0.5, 0.6) is 17.2 Å². The van der Waals surface area contributed by atoms with Crippen LogP contribution in [0.25, 0.3) is 0 Å². The van der Waals surface area contributed by atoms with Crippen LogP contribution in [-0.2, 0) is 40.2 Å². The van der Waals surface area contributed by atoms with E-state index in [1.807, 2.05) is 24.3 Å². The maximum Gasteiger partial charge on any atom is 0.330 e. The van der Waals surface area contributed by atoms with E-state index in [1.54, 1.807) is 24.3 Å². The molecule has 0 spiro atoms. The summed E-state index contributed by atoms with van der Waals surface area (Å²) in [5.41, 5.74) is 0.978. The summed E-state index contributed by atoms with van der Waals surface area (Å²) >= 11 is 0. The van der Waals surface area contributed by atoms with Crippen LogP contribution in [0, 0.1) is 5.92 Å². The van der Waals surface area contributed by atoms with Crippen molar-refractivity contribution in [2.45, 2.75) is 89.8 Å². The lowest BCUT2D eigenvalue weighted by molar-refractivity contribution is -0.337. The van der Waals surface area contributed by atoms with Crippen LogP contribution in [0.1, 0.15) is 82.6 Å². The lowest BCUT2D eigenvalue weighted by Gasteiger charge is -2.26. The van der Waals surface area contributed by atoms with Crippen LogP contribution in [0.4, 0.5) is 0 Å². The molecular weight excluding hydrogens is 616 g/mol. The predicted octanol–water partition coefficient (Wildman–Crippen LogP) is 7.64. The van der Waals surface area contributed by atoms with Gasteiger partial charge in [-0.3, -0.25) is 4.79 Å². The Morgan fingerprint density at radius 1 is 0.604 bits per heavy atom. The number of benzene rings is 2. The third kappa shape index (κ3) is 16.1. The van der Waals surface area contributed by atoms with Gasteiger partial charge >= 0.3 is 17.9 Å². The molecule has 1 aliphatic carbocycles. The normalized spacial score (nSPS) is 15.6. The lowest BCUT2D eigenvalue weighted by atomic mass is 9.87. The first-order valence-electron chi connectivity index (χ1n) is 17.0. The summed E-state index contributed by atoms with van der Waals surface area (Å²) in [5.74, 6) is 0.866. The Morgan fingerprint density at radius 2 is 1.06 bits per heavy atom. The van der Waals surface area contributed by atoms with Gasteiger partial charge in [0.1, 0.15) is 23.9 Å². The van der Waals surface area contributed by atoms with E-state index in [1.165, 1.54) is 12.2 Å². The molecule has 0 amide bonds. The van der Waals surface area contributed by atoms with Gasteiger partial charge in [-0.15, -0.1) is 0 Å². The molecule has 0 bridgehead atoms. The number of carbonyl (C=O) groups is 3. The smallest absolute Gasteiger partial charge is 0.330 e. The molecule has 2 aromatic carbocycles. The zero-order valence-corrected chi connectivity index (χ0v) is 27.9. The Morgan fingerprint density at radius 3 is 1.56 bits per heavy atom. The molecule has 1 aliphatic rings. The number of hydrogen-bond donors (Lipinski definition) is 0. The highest BCUT2D eigenvalue weighted by Gasteiger charge is 2.29. The topological polar surface area (TPSA) is 116 Å². The van der Waals surface area contributed by atoms with E-state index in [0.29, 0.717) is 51.6 Å². The molecule has 0 aliphatic heterocycles. The molecular formula is C38H50O10. The largest absolute Gasteiger partial charge is 0.494 e. The quantitative estimate of drug-likeness (QED) is 0.0276. The molecule has 10 heteroatoms. The molecule has 0 unspecified atom stereocenters. The zero-order valence-electron chi connectivity index (χ0n) is 27.9. The van der Waals surface area contributed by atoms with Crippen LogP contribution in [0.2, 0.25) is 0 Å². The summed E-state index contributed by atoms with van der Waals surface area (Å²) in [6.45, 7) is 9.12. The molecule has 1 saturated carbocycles. The number of carbonyl (C=O) groups excluding carboxylic acids is 3. The van der Waals surface area contributed by atoms with Crippen molar-refractivity contribution in [1.29, 1.82) is 0 Å². The summed E-state index contributed by atoms with van der Waals surface area (Å²) < 4.78 is 27.1. The SMILES string of the molecule is C=CC(=O)OCCCCCCOc1ccc(COOC2CCC(C(=O)Oc3ccc(OCCCCCCOC(=O)C=C)cc3)CC2)cc1. The second-order valence-electron chi connectivity index (χ2n) is 11.6. The van der Waals surface area contributed by atoms with Crippen molar-refractivity contribution in [2.24, 2.45) is 5.92 Å². The first kappa shape index (κ1) is 38.3. The Kier molecular flexibility index (Phi) is 18.5. The van der Waals surface area contributed by atoms with Crippen LogP contribution in [0.15, 0.2) is 73.8 Å². The minimum atomic E-state index is -0.388. The van der Waals surface area contributed by atoms with Crippen molar-refractivity contribution in [3.05, 3.63) is 79.4 Å². The molecule has 2 aromatic rings. The van der Waals surface area contributed by atoms with E-state index in [9.17, 15) is 14.4 Å². The van der Waals surface area contributed by atoms with Gasteiger partial charge in [-0.1, -0.05) is 25.3 Å². The predicted molar refractivity (Wildman–Crippen MR) is 180 cm³/mol. The minimum absolute atomic E-state index is 0.0584. The van der Waals surface area contributed by atoms with Gasteiger partial charge in [0.2, 0.25) is 0 Å². The molecule has 0 saturated heterocycles. The van der Waals surface area contributed by atoms with Crippen molar-refractivity contribution in [3.63, 3.8) is 0 Å². The first-order valence-corrected chi connectivity index (χ1v) is 17.0. The maximum atomic E-state index is 12.7. The van der Waals surface area contributed by atoms with Gasteiger partial charge in [0.25, 0.3) is 0 Å². The zero-order chi connectivity index (χ0) is 34.2. The van der Waals surface area contributed by atoms with Crippen LogP contribution in [-0.4, -0.2) is 50.4 Å². The molecule has 0 N–H and O–H groups in total. The van der Waals surface area contributed by atoms with E-state index >= 15 is 0 Å². The highest BCUT2D eigenvalue weighted by Crippen LogP contribution is 2.29. The Hall–Kier alpha value is -4.15. The Labute approximate surface area is 284 Å². The van der Waals surface area contributed by atoms with Crippen molar-refractivity contribution in [3.8, 4) is 17.2 Å². The molecule has 48 heavy (non-hydrogen) atoms. The second kappa shape index (κ2) is 23.2. The first-order chi connectivity index (χ1) is 23.5. The van der Waals surface area contributed by atoms with Gasteiger partial charge < -0.3 is 23.7 Å². The van der Waals surface area contributed by atoms with Gasteiger partial charge in [-0.25, -0.2) is 19.4 Å². The number of unbranched alkanes of at least 4 members (excludes halogenated alkanes) is 6. The fraction of sp³-hybridized carbons (Fsp3) is 0.500. The second-order valence-corrected chi connectivity index (χ2v) is 11.6. The fourth-order valence-electron chi connectivity index (χ4n) is 5.04. The standard InChI is InChI=1S/C38H50O10/c1-3-36(39)44-27-11-7-5-9-25-42-32-17-13-30(14-18-32)29-46-48-35-19-15-31(16-20-35)38(41)47-34-23-21-33(22-24-34)43-26-10-6-8-12-28-45-37(40)4-2/h3-4,13-14,17-18,21-24,31,35H,1-2,5-12,15-16,19-20,25-29H2. The van der Waals surface area contributed by atoms with Crippen LogP contribution >= 0.6 is 0 Å². The van der Waals surface area contributed by atoms with E-state index in [4.69, 9.17) is 33.5 Å². The number of hydrogen-bond acceptors (Lipinski definition) is 10. The Bertz CT molecular complexity index is 1230. The molecule has 262 valence electrons. The number of esters is 3. The average molecular weight is 667 g/mol.